The van der Waals surface area contributed by atoms with E-state index in [1.165, 1.54) is 6.20 Å². The summed E-state index contributed by atoms with van der Waals surface area (Å²) in [6.07, 6.45) is -2.43. The van der Waals surface area contributed by atoms with E-state index in [0.717, 1.165) is 4.47 Å². The van der Waals surface area contributed by atoms with Crippen molar-refractivity contribution in [3.63, 3.8) is 0 Å². The van der Waals surface area contributed by atoms with E-state index >= 15 is 0 Å². The summed E-state index contributed by atoms with van der Waals surface area (Å²) in [6.45, 7) is -2.13. The molecule has 0 aliphatic rings. The van der Waals surface area contributed by atoms with E-state index in [0.29, 0.717) is 5.69 Å². The van der Waals surface area contributed by atoms with Crippen molar-refractivity contribution in [2.75, 3.05) is 13.2 Å². The van der Waals surface area contributed by atoms with Crippen molar-refractivity contribution >= 4 is 21.7 Å². The maximum atomic E-state index is 12.5. The second-order valence-electron chi connectivity index (χ2n) is 3.74. The first-order valence-corrected chi connectivity index (χ1v) is 5.96. The quantitative estimate of drug-likeness (QED) is 0.714. The molecule has 3 nitrogen and oxygen atoms in total. The molecule has 0 radical (unpaired) electrons. The Bertz CT molecular complexity index is 425. The van der Waals surface area contributed by atoms with Gasteiger partial charge in [0.2, 0.25) is 0 Å². The molecule has 0 saturated heterocycles. The van der Waals surface area contributed by atoms with Crippen LogP contribution >= 0.6 is 15.9 Å². The van der Waals surface area contributed by atoms with Crippen molar-refractivity contribution < 1.29 is 27.1 Å². The highest BCUT2D eigenvalue weighted by atomic mass is 79.9. The molecule has 0 atom stereocenters. The average Bonchev–Trinajstić information content (AvgIpc) is 2.31. The summed E-state index contributed by atoms with van der Waals surface area (Å²) >= 11 is 3.16. The molecule has 0 fully saturated rings. The fraction of sp³-hybridized carbons (Fsp3) is 0.455. The molecule has 106 valence electrons. The van der Waals surface area contributed by atoms with Crippen LogP contribution in [0.3, 0.4) is 0 Å². The number of halogens is 5. The van der Waals surface area contributed by atoms with Crippen LogP contribution in [0, 0.1) is 0 Å². The number of carbonyl (C=O) groups excluding carboxylic acids is 1. The lowest BCUT2D eigenvalue weighted by atomic mass is 10.2. The van der Waals surface area contributed by atoms with Crippen LogP contribution in [0.5, 0.6) is 0 Å². The van der Waals surface area contributed by atoms with Crippen LogP contribution in [0.4, 0.5) is 17.6 Å². The Kier molecular flexibility index (Phi) is 5.86. The third kappa shape index (κ3) is 5.65. The third-order valence-electron chi connectivity index (χ3n) is 2.04. The van der Waals surface area contributed by atoms with E-state index in [9.17, 15) is 22.4 Å². The van der Waals surface area contributed by atoms with E-state index in [4.69, 9.17) is 0 Å². The zero-order valence-electron chi connectivity index (χ0n) is 9.58. The Hall–Kier alpha value is -1.02. The second kappa shape index (κ2) is 6.95. The minimum atomic E-state index is -4.24. The van der Waals surface area contributed by atoms with Crippen molar-refractivity contribution in [1.82, 2.24) is 4.98 Å². The van der Waals surface area contributed by atoms with Gasteiger partial charge in [0.15, 0.2) is 5.78 Å². The van der Waals surface area contributed by atoms with Gasteiger partial charge >= 0.3 is 12.3 Å². The Balaban J connectivity index is 2.34. The Labute approximate surface area is 115 Å². The van der Waals surface area contributed by atoms with Crippen LogP contribution < -0.4 is 0 Å². The van der Waals surface area contributed by atoms with Gasteiger partial charge in [-0.05, 0) is 28.1 Å². The summed E-state index contributed by atoms with van der Waals surface area (Å²) in [6, 6.07) is 3.25. The number of ether oxygens (including phenoxy) is 1. The lowest BCUT2D eigenvalue weighted by Gasteiger charge is -2.14. The molecule has 1 aromatic rings. The predicted molar refractivity (Wildman–Crippen MR) is 62.4 cm³/mol. The number of carbonyl (C=O) groups is 1. The molecule has 0 aromatic carbocycles. The first-order chi connectivity index (χ1) is 8.81. The molecular weight excluding hydrogens is 334 g/mol. The summed E-state index contributed by atoms with van der Waals surface area (Å²) < 4.78 is 53.5. The van der Waals surface area contributed by atoms with Gasteiger partial charge in [-0.3, -0.25) is 9.78 Å². The van der Waals surface area contributed by atoms with Gasteiger partial charge < -0.3 is 4.74 Å². The molecule has 0 spiro atoms. The number of hydrogen-bond donors (Lipinski definition) is 0. The molecular formula is C11H10BrF4NO2. The van der Waals surface area contributed by atoms with Crippen molar-refractivity contribution in [1.29, 1.82) is 0 Å². The number of alkyl halides is 4. The molecule has 0 aliphatic heterocycles. The van der Waals surface area contributed by atoms with Crippen LogP contribution in [0.1, 0.15) is 5.69 Å². The average molecular weight is 344 g/mol. The van der Waals surface area contributed by atoms with E-state index in [2.05, 4.69) is 25.7 Å². The van der Waals surface area contributed by atoms with Gasteiger partial charge in [-0.2, -0.15) is 8.78 Å². The fourth-order valence-electron chi connectivity index (χ4n) is 1.13. The van der Waals surface area contributed by atoms with E-state index in [1.807, 2.05) is 0 Å². The van der Waals surface area contributed by atoms with Crippen LogP contribution in [-0.2, 0) is 16.0 Å². The molecule has 8 heteroatoms. The van der Waals surface area contributed by atoms with Crippen molar-refractivity contribution in [3.05, 3.63) is 28.5 Å². The summed E-state index contributed by atoms with van der Waals surface area (Å²) in [5, 5.41) is 0. The number of ketones is 1. The highest BCUT2D eigenvalue weighted by Gasteiger charge is 2.41. The summed E-state index contributed by atoms with van der Waals surface area (Å²) in [7, 11) is 0. The number of pyridine rings is 1. The Morgan fingerprint density at radius 3 is 2.63 bits per heavy atom. The van der Waals surface area contributed by atoms with E-state index in [1.54, 1.807) is 12.1 Å². The molecule has 0 bridgehead atoms. The summed E-state index contributed by atoms with van der Waals surface area (Å²) in [4.78, 5) is 15.3. The van der Waals surface area contributed by atoms with Crippen LogP contribution in [-0.4, -0.2) is 36.3 Å². The molecule has 0 aliphatic carbocycles. The van der Waals surface area contributed by atoms with E-state index in [-0.39, 0.29) is 6.42 Å². The highest BCUT2D eigenvalue weighted by molar-refractivity contribution is 9.10. The third-order valence-corrected chi connectivity index (χ3v) is 2.51. The topological polar surface area (TPSA) is 39.2 Å². The van der Waals surface area contributed by atoms with Crippen molar-refractivity contribution in [2.45, 2.75) is 18.8 Å². The SMILES string of the molecule is O=C(COCC(F)(F)C(F)F)Cc1ccc(Br)cn1. The van der Waals surface area contributed by atoms with Gasteiger partial charge in [0.05, 0.1) is 6.42 Å². The second-order valence-corrected chi connectivity index (χ2v) is 4.65. The highest BCUT2D eigenvalue weighted by Crippen LogP contribution is 2.22. The van der Waals surface area contributed by atoms with Gasteiger partial charge in [0, 0.05) is 16.4 Å². The minimum Gasteiger partial charge on any atom is -0.367 e. The zero-order valence-corrected chi connectivity index (χ0v) is 11.2. The van der Waals surface area contributed by atoms with Gasteiger partial charge in [0.1, 0.15) is 13.2 Å². The Morgan fingerprint density at radius 2 is 2.11 bits per heavy atom. The molecule has 1 heterocycles. The lowest BCUT2D eigenvalue weighted by molar-refractivity contribution is -0.168. The molecule has 0 amide bonds. The van der Waals surface area contributed by atoms with Crippen LogP contribution in [0.25, 0.3) is 0 Å². The lowest BCUT2D eigenvalue weighted by Crippen LogP contribution is -2.33. The standard InChI is InChI=1S/C11H10BrF4NO2/c12-7-1-2-8(17-4-7)3-9(18)5-19-6-11(15,16)10(13)14/h1-2,4,10H,3,5-6H2. The monoisotopic (exact) mass is 343 g/mol. The van der Waals surface area contributed by atoms with Crippen molar-refractivity contribution in [3.8, 4) is 0 Å². The van der Waals surface area contributed by atoms with Crippen LogP contribution in [0.2, 0.25) is 0 Å². The number of nitrogens with zero attached hydrogens (tertiary/aromatic N) is 1. The van der Waals surface area contributed by atoms with Gasteiger partial charge in [-0.15, -0.1) is 0 Å². The largest absolute Gasteiger partial charge is 0.367 e. The van der Waals surface area contributed by atoms with Gasteiger partial charge in [-0.1, -0.05) is 0 Å². The fourth-order valence-corrected chi connectivity index (χ4v) is 1.36. The molecule has 19 heavy (non-hydrogen) atoms. The predicted octanol–water partition coefficient (Wildman–Crippen LogP) is 2.87. The molecule has 0 N–H and O–H groups in total. The number of rotatable bonds is 7. The number of hydrogen-bond acceptors (Lipinski definition) is 3. The van der Waals surface area contributed by atoms with Crippen LogP contribution in [0.15, 0.2) is 22.8 Å². The summed E-state index contributed by atoms with van der Waals surface area (Å²) in [5.41, 5.74) is 0.442. The smallest absolute Gasteiger partial charge is 0.330 e. The minimum absolute atomic E-state index is 0.104. The number of Topliss-reactive ketones (excluding diaryl/α,β-unsaturated/α-hetero) is 1. The number of aromatic nitrogens is 1. The van der Waals surface area contributed by atoms with Gasteiger partial charge in [0.25, 0.3) is 0 Å². The first-order valence-electron chi connectivity index (χ1n) is 5.17. The molecule has 1 rings (SSSR count). The molecule has 0 unspecified atom stereocenters. The first kappa shape index (κ1) is 16.0. The normalized spacial score (nSPS) is 11.9. The van der Waals surface area contributed by atoms with Gasteiger partial charge in [-0.25, -0.2) is 8.78 Å². The Morgan fingerprint density at radius 1 is 1.42 bits per heavy atom. The zero-order chi connectivity index (χ0) is 14.5. The maximum Gasteiger partial charge on any atom is 0.330 e. The maximum absolute atomic E-state index is 12.5. The summed E-state index contributed by atoms with van der Waals surface area (Å²) in [5.74, 6) is -4.75. The van der Waals surface area contributed by atoms with E-state index < -0.39 is 31.3 Å². The van der Waals surface area contributed by atoms with Crippen molar-refractivity contribution in [2.24, 2.45) is 0 Å². The molecule has 1 aromatic heterocycles. The molecule has 0 saturated carbocycles.